The summed E-state index contributed by atoms with van der Waals surface area (Å²) >= 11 is 0. The third-order valence-electron chi connectivity index (χ3n) is 14.0. The van der Waals surface area contributed by atoms with Crippen LogP contribution >= 0.6 is 0 Å². The van der Waals surface area contributed by atoms with Crippen LogP contribution in [0, 0.1) is 24.7 Å². The molecule has 0 spiro atoms. The summed E-state index contributed by atoms with van der Waals surface area (Å²) in [7, 11) is 1.55. The topological polar surface area (TPSA) is 197 Å². The fraction of sp³-hybridized carbons (Fsp3) is 0.528. The van der Waals surface area contributed by atoms with E-state index < -0.39 is 18.4 Å². The molecule has 2 N–H and O–H groups in total. The molecule has 0 bridgehead atoms. The molecule has 5 aliphatic heterocycles. The summed E-state index contributed by atoms with van der Waals surface area (Å²) in [5, 5.41) is 15.0. The van der Waals surface area contributed by atoms with Gasteiger partial charge in [-0.3, -0.25) is 33.9 Å². The van der Waals surface area contributed by atoms with E-state index in [4.69, 9.17) is 18.9 Å². The summed E-state index contributed by atoms with van der Waals surface area (Å²) in [6.07, 6.45) is 6.00. The van der Waals surface area contributed by atoms with Gasteiger partial charge in [0.15, 0.2) is 23.5 Å². The molecule has 0 saturated carbocycles. The first-order valence-corrected chi connectivity index (χ1v) is 24.8. The molecule has 0 aliphatic carbocycles. The normalized spacial score (nSPS) is 22.6. The molecule has 5 aliphatic rings. The van der Waals surface area contributed by atoms with Gasteiger partial charge < -0.3 is 39.2 Å². The maximum absolute atomic E-state index is 14.1. The molecule has 17 heteroatoms. The van der Waals surface area contributed by atoms with Crippen LogP contribution in [0.25, 0.3) is 0 Å². The number of benzene rings is 3. The Morgan fingerprint density at radius 1 is 0.800 bits per heavy atom. The van der Waals surface area contributed by atoms with Gasteiger partial charge >= 0.3 is 6.09 Å². The standard InChI is InChI=1S/C53H66N6O11/c1-32-20-38-27-55-42-25-47(46(67-5)24-40(42)50(63)57(38)29-32)69-19-11-7-10-18-68-45-26-43-41(22-34(45)3)51(64)58-30-33(2)21-44(58)52(65)59(43)53(66)70-31-36-13-15-37(16-14-36)54-28-39(60)12-8-6-9-17-56-48(61)23-35(4)49(56)62/h13-16,22,24-27,32-33,35,38,44,52,54,65H,6-12,17-21,23,28-31H2,1-5H3/t32?,33?,35?,38-,44-,52-/m0/s1. The Kier molecular flexibility index (Phi) is 15.7. The van der Waals surface area contributed by atoms with Crippen LogP contribution in [0.15, 0.2) is 53.5 Å². The fourth-order valence-corrected chi connectivity index (χ4v) is 10.2. The number of Topliss-reactive ketones (excluding diaryl/α,β-unsaturated/α-hetero) is 1. The van der Waals surface area contributed by atoms with E-state index in [2.05, 4.69) is 17.2 Å². The number of ether oxygens (including phenoxy) is 4. The number of carbonyl (C=O) groups is 6. The molecular formula is C53H66N6O11. The van der Waals surface area contributed by atoms with Crippen LogP contribution in [0.2, 0.25) is 0 Å². The zero-order valence-electron chi connectivity index (χ0n) is 40.9. The molecule has 0 aromatic heterocycles. The van der Waals surface area contributed by atoms with E-state index in [1.165, 1.54) is 9.80 Å². The van der Waals surface area contributed by atoms with Gasteiger partial charge in [-0.25, -0.2) is 9.69 Å². The third kappa shape index (κ3) is 11.1. The minimum absolute atomic E-state index is 0.0137. The number of imide groups is 1. The van der Waals surface area contributed by atoms with Gasteiger partial charge in [-0.15, -0.1) is 0 Å². The van der Waals surface area contributed by atoms with E-state index in [1.807, 2.05) is 25.0 Å². The first-order valence-electron chi connectivity index (χ1n) is 24.8. The smallest absolute Gasteiger partial charge is 0.416 e. The van der Waals surface area contributed by atoms with E-state index in [0.717, 1.165) is 24.9 Å². The van der Waals surface area contributed by atoms with Crippen molar-refractivity contribution in [3.63, 3.8) is 0 Å². The predicted molar refractivity (Wildman–Crippen MR) is 262 cm³/mol. The number of carbonyl (C=O) groups excluding carboxylic acids is 6. The Morgan fingerprint density at radius 2 is 1.50 bits per heavy atom. The number of nitrogens with one attached hydrogen (secondary N) is 1. The van der Waals surface area contributed by atoms with E-state index in [0.29, 0.717) is 117 Å². The lowest BCUT2D eigenvalue weighted by atomic mass is 10.0. The summed E-state index contributed by atoms with van der Waals surface area (Å²) in [5.41, 5.74) is 3.68. The van der Waals surface area contributed by atoms with Crippen molar-refractivity contribution in [1.82, 2.24) is 14.7 Å². The van der Waals surface area contributed by atoms with Gasteiger partial charge in [0.1, 0.15) is 12.4 Å². The highest BCUT2D eigenvalue weighted by Crippen LogP contribution is 2.41. The number of hydrogen-bond acceptors (Lipinski definition) is 13. The number of methoxy groups -OCH3 is 1. The van der Waals surface area contributed by atoms with Gasteiger partial charge in [-0.1, -0.05) is 39.3 Å². The molecule has 0 radical (unpaired) electrons. The molecule has 3 saturated heterocycles. The second-order valence-corrected chi connectivity index (χ2v) is 19.6. The Balaban J connectivity index is 0.824. The van der Waals surface area contributed by atoms with Crippen molar-refractivity contribution >= 4 is 58.8 Å². The van der Waals surface area contributed by atoms with Crippen LogP contribution in [0.1, 0.15) is 117 Å². The van der Waals surface area contributed by atoms with Crippen LogP contribution in [0.4, 0.5) is 21.9 Å². The molecule has 3 aromatic rings. The molecule has 3 unspecified atom stereocenters. The van der Waals surface area contributed by atoms with Gasteiger partial charge in [-0.05, 0) is 99.1 Å². The van der Waals surface area contributed by atoms with Crippen molar-refractivity contribution in [1.29, 1.82) is 0 Å². The Labute approximate surface area is 409 Å². The van der Waals surface area contributed by atoms with E-state index >= 15 is 0 Å². The lowest BCUT2D eigenvalue weighted by Crippen LogP contribution is -2.50. The second kappa shape index (κ2) is 22.1. The number of anilines is 2. The molecule has 8 rings (SSSR count). The molecule has 17 nitrogen and oxygen atoms in total. The zero-order chi connectivity index (χ0) is 49.6. The van der Waals surface area contributed by atoms with Crippen molar-refractivity contribution in [2.24, 2.45) is 22.7 Å². The summed E-state index contributed by atoms with van der Waals surface area (Å²) < 4.78 is 23.8. The van der Waals surface area contributed by atoms with Gasteiger partial charge in [0.05, 0.1) is 61.5 Å². The number of fused-ring (bicyclic) bond motifs is 4. The average molecular weight is 963 g/mol. The first kappa shape index (κ1) is 49.9. The van der Waals surface area contributed by atoms with Crippen molar-refractivity contribution < 1.29 is 52.8 Å². The highest BCUT2D eigenvalue weighted by molar-refractivity contribution is 6.06. The van der Waals surface area contributed by atoms with E-state index in [-0.39, 0.29) is 78.1 Å². The predicted octanol–water partition coefficient (Wildman–Crippen LogP) is 7.46. The molecule has 6 atom stereocenters. The number of likely N-dealkylation sites (tertiary alicyclic amines) is 1. The summed E-state index contributed by atoms with van der Waals surface area (Å²) in [6, 6.07) is 13.4. The molecule has 5 heterocycles. The summed E-state index contributed by atoms with van der Waals surface area (Å²) in [4.78, 5) is 88.9. The molecule has 3 fully saturated rings. The van der Waals surface area contributed by atoms with Crippen LogP contribution in [-0.2, 0) is 25.7 Å². The number of hydrogen-bond donors (Lipinski definition) is 2. The number of aryl methyl sites for hydroxylation is 1. The lowest BCUT2D eigenvalue weighted by Gasteiger charge is -2.31. The second-order valence-electron chi connectivity index (χ2n) is 19.6. The molecule has 5 amide bonds. The Bertz CT molecular complexity index is 2490. The highest BCUT2D eigenvalue weighted by atomic mass is 16.6. The number of rotatable bonds is 20. The van der Waals surface area contributed by atoms with Crippen molar-refractivity contribution in [3.8, 4) is 17.2 Å². The van der Waals surface area contributed by atoms with Gasteiger partial charge in [0.25, 0.3) is 11.8 Å². The maximum atomic E-state index is 14.1. The van der Waals surface area contributed by atoms with Crippen molar-refractivity contribution in [2.45, 2.75) is 117 Å². The molecule has 70 heavy (non-hydrogen) atoms. The van der Waals surface area contributed by atoms with Crippen LogP contribution in [0.5, 0.6) is 17.2 Å². The van der Waals surface area contributed by atoms with Crippen LogP contribution in [0.3, 0.4) is 0 Å². The maximum Gasteiger partial charge on any atom is 0.416 e. The Hall–Kier alpha value is -6.49. The van der Waals surface area contributed by atoms with Crippen molar-refractivity contribution in [2.75, 3.05) is 56.7 Å². The number of aliphatic imine (C=N–C) groups is 1. The third-order valence-corrected chi connectivity index (χ3v) is 14.0. The number of unbranched alkanes of at least 4 members (excludes halogenated alkanes) is 4. The van der Waals surface area contributed by atoms with Crippen LogP contribution < -0.4 is 24.4 Å². The minimum Gasteiger partial charge on any atom is -0.493 e. The highest BCUT2D eigenvalue weighted by Gasteiger charge is 2.47. The van der Waals surface area contributed by atoms with Crippen LogP contribution in [-0.4, -0.2) is 126 Å². The molecular weight excluding hydrogens is 897 g/mol. The van der Waals surface area contributed by atoms with Crippen molar-refractivity contribution in [3.05, 3.63) is 70.8 Å². The summed E-state index contributed by atoms with van der Waals surface area (Å²) in [5.74, 6) is 1.26. The monoisotopic (exact) mass is 962 g/mol. The van der Waals surface area contributed by atoms with Gasteiger partial charge in [0.2, 0.25) is 11.8 Å². The average Bonchev–Trinajstić information content (AvgIpc) is 3.97. The number of ketones is 1. The molecule has 3 aromatic carbocycles. The number of aliphatic hydroxyl groups excluding tert-OH is 1. The number of nitrogens with zero attached hydrogens (tertiary/aromatic N) is 5. The van der Waals surface area contributed by atoms with E-state index in [1.54, 1.807) is 67.5 Å². The van der Waals surface area contributed by atoms with E-state index in [9.17, 15) is 33.9 Å². The Morgan fingerprint density at radius 3 is 2.23 bits per heavy atom. The lowest BCUT2D eigenvalue weighted by molar-refractivity contribution is -0.139. The quantitative estimate of drug-likeness (QED) is 0.0839. The summed E-state index contributed by atoms with van der Waals surface area (Å²) in [6.45, 7) is 10.1. The zero-order valence-corrected chi connectivity index (χ0v) is 40.9. The minimum atomic E-state index is -1.36. The largest absolute Gasteiger partial charge is 0.493 e. The fourth-order valence-electron chi connectivity index (χ4n) is 10.2. The number of amides is 5. The van der Waals surface area contributed by atoms with Gasteiger partial charge in [-0.2, -0.15) is 0 Å². The van der Waals surface area contributed by atoms with Gasteiger partial charge in [0, 0.05) is 62.4 Å². The molecule has 374 valence electrons. The SMILES string of the molecule is COc1cc2c(cc1OCCCCCOc1cc3c(cc1C)C(=O)N1CC(C)C[C@H]1[C@H](O)N3C(=O)OCc1ccc(NCC(=O)CCCCCN3C(=O)CC(C)C3=O)cc1)N=C[C@@H]1CC(C)CN1C2=O. The first-order chi connectivity index (χ1) is 33.7. The number of aliphatic hydroxyl groups is 1.